The molecule has 1 saturated heterocycles. The van der Waals surface area contributed by atoms with Gasteiger partial charge in [-0.3, -0.25) is 14.4 Å². The van der Waals surface area contributed by atoms with Gasteiger partial charge in [-0.2, -0.15) is 0 Å². The number of carbonyl (C=O) groups excluding carboxylic acids is 2. The standard InChI is InChI=1S/C33H37FN2O6/c1-5-35(6-2)31(38)23-15-16-36(21-23)30(37)19-22-17-28(20-29(18-22)42-27-13-9-25(34)10-14-27)41-26-11-7-24(8-12-26)33(3,4)32(39)40/h7-14,17-18,20,23H,5-6,15-16,19,21H2,1-4H3,(H,39,40). The van der Waals surface area contributed by atoms with Gasteiger partial charge in [-0.25, -0.2) is 4.39 Å². The number of hydrogen-bond donors (Lipinski definition) is 1. The minimum absolute atomic E-state index is 0.0783. The molecule has 0 saturated carbocycles. The maximum atomic E-state index is 13.4. The second kappa shape index (κ2) is 13.1. The Hall–Kier alpha value is -4.40. The third-order valence-electron chi connectivity index (χ3n) is 7.66. The number of benzene rings is 3. The molecule has 0 aliphatic carbocycles. The maximum Gasteiger partial charge on any atom is 0.313 e. The Morgan fingerprint density at radius 2 is 1.45 bits per heavy atom. The average Bonchev–Trinajstić information content (AvgIpc) is 3.46. The fraction of sp³-hybridized carbons (Fsp3) is 0.364. The van der Waals surface area contributed by atoms with Crippen molar-refractivity contribution >= 4 is 17.8 Å². The highest BCUT2D eigenvalue weighted by molar-refractivity contribution is 5.83. The van der Waals surface area contributed by atoms with Gasteiger partial charge < -0.3 is 24.4 Å². The quantitative estimate of drug-likeness (QED) is 0.299. The molecule has 0 spiro atoms. The van der Waals surface area contributed by atoms with Crippen LogP contribution < -0.4 is 9.47 Å². The molecule has 1 atom stereocenters. The summed E-state index contributed by atoms with van der Waals surface area (Å²) in [5.74, 6) is 0.182. The number of halogens is 1. The predicted molar refractivity (Wildman–Crippen MR) is 156 cm³/mol. The highest BCUT2D eigenvalue weighted by Crippen LogP contribution is 2.33. The van der Waals surface area contributed by atoms with Crippen molar-refractivity contribution in [2.75, 3.05) is 26.2 Å². The van der Waals surface area contributed by atoms with Crippen LogP contribution in [0.15, 0.2) is 66.7 Å². The molecule has 3 aromatic carbocycles. The van der Waals surface area contributed by atoms with Crippen LogP contribution in [0.5, 0.6) is 23.0 Å². The predicted octanol–water partition coefficient (Wildman–Crippen LogP) is 6.03. The second-order valence-corrected chi connectivity index (χ2v) is 10.9. The molecule has 2 amide bonds. The molecule has 1 N–H and O–H groups in total. The zero-order valence-corrected chi connectivity index (χ0v) is 24.4. The summed E-state index contributed by atoms with van der Waals surface area (Å²) >= 11 is 0. The van der Waals surface area contributed by atoms with Gasteiger partial charge in [0.15, 0.2) is 0 Å². The molecule has 0 radical (unpaired) electrons. The molecule has 222 valence electrons. The molecule has 1 fully saturated rings. The van der Waals surface area contributed by atoms with Gasteiger partial charge in [0.2, 0.25) is 11.8 Å². The molecule has 0 aromatic heterocycles. The number of nitrogens with zero attached hydrogens (tertiary/aromatic N) is 2. The van der Waals surface area contributed by atoms with Crippen molar-refractivity contribution < 1.29 is 33.4 Å². The third kappa shape index (κ3) is 7.26. The monoisotopic (exact) mass is 576 g/mol. The summed E-state index contributed by atoms with van der Waals surface area (Å²) in [5.41, 5.74) is 0.224. The van der Waals surface area contributed by atoms with Gasteiger partial charge in [0.1, 0.15) is 28.8 Å². The number of amides is 2. The Balaban J connectivity index is 1.54. The number of carboxylic acid groups (broad SMARTS) is 1. The van der Waals surface area contributed by atoms with E-state index in [1.54, 1.807) is 66.1 Å². The van der Waals surface area contributed by atoms with Crippen LogP contribution in [0.25, 0.3) is 0 Å². The van der Waals surface area contributed by atoms with Crippen LogP contribution in [0, 0.1) is 11.7 Å². The van der Waals surface area contributed by atoms with Crippen LogP contribution in [-0.2, 0) is 26.2 Å². The van der Waals surface area contributed by atoms with Crippen LogP contribution in [0.3, 0.4) is 0 Å². The molecule has 9 heteroatoms. The first-order chi connectivity index (χ1) is 20.0. The van der Waals surface area contributed by atoms with Crippen LogP contribution in [0.2, 0.25) is 0 Å². The number of aliphatic carboxylic acids is 1. The normalized spacial score (nSPS) is 14.9. The number of ether oxygens (including phenoxy) is 2. The number of likely N-dealkylation sites (tertiary alicyclic amines) is 1. The van der Waals surface area contributed by atoms with Crippen molar-refractivity contribution in [1.82, 2.24) is 9.80 Å². The van der Waals surface area contributed by atoms with E-state index >= 15 is 0 Å². The van der Waals surface area contributed by atoms with Gasteiger partial charge in [-0.05, 0) is 93.8 Å². The first kappa shape index (κ1) is 30.6. The molecular weight excluding hydrogens is 539 g/mol. The van der Waals surface area contributed by atoms with E-state index in [0.29, 0.717) is 66.7 Å². The van der Waals surface area contributed by atoms with E-state index in [1.807, 2.05) is 13.8 Å². The van der Waals surface area contributed by atoms with Crippen molar-refractivity contribution in [3.8, 4) is 23.0 Å². The molecule has 8 nitrogen and oxygen atoms in total. The van der Waals surface area contributed by atoms with Crippen LogP contribution in [0.4, 0.5) is 4.39 Å². The number of hydrogen-bond acceptors (Lipinski definition) is 5. The molecular formula is C33H37FN2O6. The highest BCUT2D eigenvalue weighted by atomic mass is 19.1. The van der Waals surface area contributed by atoms with Crippen LogP contribution in [0.1, 0.15) is 45.2 Å². The van der Waals surface area contributed by atoms with E-state index in [4.69, 9.17) is 9.47 Å². The lowest BCUT2D eigenvalue weighted by molar-refractivity contribution is -0.142. The molecule has 4 rings (SSSR count). The topological polar surface area (TPSA) is 96.4 Å². The first-order valence-corrected chi connectivity index (χ1v) is 14.2. The lowest BCUT2D eigenvalue weighted by atomic mass is 9.85. The third-order valence-corrected chi connectivity index (χ3v) is 7.66. The smallest absolute Gasteiger partial charge is 0.313 e. The van der Waals surface area contributed by atoms with Crippen LogP contribution >= 0.6 is 0 Å². The average molecular weight is 577 g/mol. The van der Waals surface area contributed by atoms with Crippen LogP contribution in [-0.4, -0.2) is 58.9 Å². The van der Waals surface area contributed by atoms with E-state index in [1.165, 1.54) is 24.3 Å². The molecule has 0 bridgehead atoms. The molecule has 1 aliphatic rings. The Bertz CT molecular complexity index is 1420. The minimum Gasteiger partial charge on any atom is -0.481 e. The summed E-state index contributed by atoms with van der Waals surface area (Å²) in [6.07, 6.45) is 0.715. The highest BCUT2D eigenvalue weighted by Gasteiger charge is 2.33. The Morgan fingerprint density at radius 1 is 0.905 bits per heavy atom. The van der Waals surface area contributed by atoms with Crippen molar-refractivity contribution in [2.45, 2.75) is 46.0 Å². The van der Waals surface area contributed by atoms with E-state index in [0.717, 1.165) is 0 Å². The van der Waals surface area contributed by atoms with E-state index in [9.17, 15) is 23.9 Å². The fourth-order valence-corrected chi connectivity index (χ4v) is 4.96. The lowest BCUT2D eigenvalue weighted by Gasteiger charge is -2.23. The number of carboxylic acids is 1. The van der Waals surface area contributed by atoms with E-state index < -0.39 is 11.4 Å². The summed E-state index contributed by atoms with van der Waals surface area (Å²) in [7, 11) is 0. The Kier molecular flexibility index (Phi) is 9.50. The van der Waals surface area contributed by atoms with E-state index in [-0.39, 0.29) is 30.0 Å². The van der Waals surface area contributed by atoms with Gasteiger partial charge in [0, 0.05) is 32.2 Å². The van der Waals surface area contributed by atoms with Crippen molar-refractivity contribution in [3.63, 3.8) is 0 Å². The number of rotatable bonds is 11. The van der Waals surface area contributed by atoms with E-state index in [2.05, 4.69) is 0 Å². The minimum atomic E-state index is -1.06. The Labute approximate surface area is 245 Å². The van der Waals surface area contributed by atoms with Crippen molar-refractivity contribution in [3.05, 3.63) is 83.7 Å². The van der Waals surface area contributed by atoms with Gasteiger partial charge in [-0.15, -0.1) is 0 Å². The van der Waals surface area contributed by atoms with Crippen molar-refractivity contribution in [1.29, 1.82) is 0 Å². The van der Waals surface area contributed by atoms with Gasteiger partial charge in [-0.1, -0.05) is 12.1 Å². The molecule has 42 heavy (non-hydrogen) atoms. The van der Waals surface area contributed by atoms with Gasteiger partial charge >= 0.3 is 5.97 Å². The molecule has 3 aromatic rings. The second-order valence-electron chi connectivity index (χ2n) is 10.9. The zero-order chi connectivity index (χ0) is 30.4. The van der Waals surface area contributed by atoms with Crippen molar-refractivity contribution in [2.24, 2.45) is 5.92 Å². The number of carbonyl (C=O) groups is 3. The summed E-state index contributed by atoms with van der Waals surface area (Å²) < 4.78 is 25.5. The van der Waals surface area contributed by atoms with Gasteiger partial charge in [0.25, 0.3) is 0 Å². The Morgan fingerprint density at radius 3 is 1.98 bits per heavy atom. The molecule has 1 heterocycles. The fourth-order valence-electron chi connectivity index (χ4n) is 4.96. The largest absolute Gasteiger partial charge is 0.481 e. The lowest BCUT2D eigenvalue weighted by Crippen LogP contribution is -2.38. The SMILES string of the molecule is CCN(CC)C(=O)C1CCN(C(=O)Cc2cc(Oc3ccc(F)cc3)cc(Oc3ccc(C(C)(C)C(=O)O)cc3)c2)C1. The first-order valence-electron chi connectivity index (χ1n) is 14.2. The molecule has 1 aliphatic heterocycles. The van der Waals surface area contributed by atoms with Gasteiger partial charge in [0.05, 0.1) is 17.8 Å². The maximum absolute atomic E-state index is 13.4. The zero-order valence-electron chi connectivity index (χ0n) is 24.4. The summed E-state index contributed by atoms with van der Waals surface area (Å²) in [4.78, 5) is 41.2. The summed E-state index contributed by atoms with van der Waals surface area (Å²) in [6.45, 7) is 9.36. The molecule has 1 unspecified atom stereocenters. The summed E-state index contributed by atoms with van der Waals surface area (Å²) in [6, 6.07) is 17.5. The summed E-state index contributed by atoms with van der Waals surface area (Å²) in [5, 5.41) is 9.52.